The second-order valence-electron chi connectivity index (χ2n) is 5.37. The van der Waals surface area contributed by atoms with Gasteiger partial charge in [-0.2, -0.15) is 0 Å². The minimum atomic E-state index is -0.159. The second kappa shape index (κ2) is 4.21. The summed E-state index contributed by atoms with van der Waals surface area (Å²) in [6.45, 7) is 6.74. The third-order valence-corrected chi connectivity index (χ3v) is 4.09. The molecule has 16 heavy (non-hydrogen) atoms. The highest BCUT2D eigenvalue weighted by molar-refractivity contribution is 5.89. The summed E-state index contributed by atoms with van der Waals surface area (Å²) in [6, 6.07) is 1.09. The van der Waals surface area contributed by atoms with Gasteiger partial charge in [0.2, 0.25) is 0 Å². The minimum Gasteiger partial charge on any atom is -0.466 e. The van der Waals surface area contributed by atoms with E-state index in [9.17, 15) is 4.79 Å². The molecule has 4 atom stereocenters. The van der Waals surface area contributed by atoms with Gasteiger partial charge in [0.15, 0.2) is 0 Å². The summed E-state index contributed by atoms with van der Waals surface area (Å²) < 4.78 is 4.81. The monoisotopic (exact) mass is 223 g/mol. The number of carbonyl (C=O) groups excluding carboxylic acids is 1. The number of ether oxygens (including phenoxy) is 1. The lowest BCUT2D eigenvalue weighted by Gasteiger charge is -2.27. The molecule has 3 heteroatoms. The van der Waals surface area contributed by atoms with Crippen LogP contribution in [0.5, 0.6) is 0 Å². The van der Waals surface area contributed by atoms with E-state index in [1.54, 1.807) is 0 Å². The van der Waals surface area contributed by atoms with Gasteiger partial charge in [0.1, 0.15) is 0 Å². The molecule has 0 spiro atoms. The van der Waals surface area contributed by atoms with Crippen LogP contribution in [0, 0.1) is 17.8 Å². The van der Waals surface area contributed by atoms with Crippen LogP contribution in [0.4, 0.5) is 0 Å². The van der Waals surface area contributed by atoms with Gasteiger partial charge in [-0.15, -0.1) is 0 Å². The standard InChI is InChI=1S/C13H21NO2/c1-7(2)8(3)10-5-9(13(15)16-4)6-11-12(10)14-11/h5,7-8,10-12,14H,6H2,1-4H3/t8?,10-,11+,12-/m0/s1. The SMILES string of the molecule is COC(=O)C1=C[C@@H](C(C)C(C)C)[C@@H]2N[C@@H]2C1. The van der Waals surface area contributed by atoms with Gasteiger partial charge in [0.05, 0.1) is 7.11 Å². The van der Waals surface area contributed by atoms with E-state index in [4.69, 9.17) is 4.74 Å². The molecule has 0 aromatic rings. The highest BCUT2D eigenvalue weighted by Crippen LogP contribution is 2.39. The first-order valence-electron chi connectivity index (χ1n) is 6.09. The van der Waals surface area contributed by atoms with Crippen molar-refractivity contribution in [2.45, 2.75) is 39.3 Å². The van der Waals surface area contributed by atoms with E-state index in [1.165, 1.54) is 7.11 Å². The van der Waals surface area contributed by atoms with Crippen molar-refractivity contribution in [3.05, 3.63) is 11.6 Å². The van der Waals surface area contributed by atoms with Crippen LogP contribution in [-0.4, -0.2) is 25.2 Å². The predicted octanol–water partition coefficient (Wildman–Crippen LogP) is 1.74. The van der Waals surface area contributed by atoms with Gasteiger partial charge in [0, 0.05) is 17.7 Å². The van der Waals surface area contributed by atoms with Crippen LogP contribution in [0.2, 0.25) is 0 Å². The first-order valence-corrected chi connectivity index (χ1v) is 6.09. The Labute approximate surface area is 97.2 Å². The van der Waals surface area contributed by atoms with Crippen LogP contribution < -0.4 is 5.32 Å². The molecule has 1 fully saturated rings. The van der Waals surface area contributed by atoms with E-state index >= 15 is 0 Å². The first kappa shape index (κ1) is 11.6. The summed E-state index contributed by atoms with van der Waals surface area (Å²) >= 11 is 0. The van der Waals surface area contributed by atoms with E-state index in [0.29, 0.717) is 29.8 Å². The average Bonchev–Trinajstić information content (AvgIpc) is 3.04. The summed E-state index contributed by atoms with van der Waals surface area (Å²) in [4.78, 5) is 11.6. The van der Waals surface area contributed by atoms with Crippen LogP contribution in [0.3, 0.4) is 0 Å². The summed E-state index contributed by atoms with van der Waals surface area (Å²) in [5.41, 5.74) is 0.853. The fraction of sp³-hybridized carbons (Fsp3) is 0.769. The molecule has 90 valence electrons. The Kier molecular flexibility index (Phi) is 3.06. The van der Waals surface area contributed by atoms with Crippen molar-refractivity contribution < 1.29 is 9.53 Å². The molecular weight excluding hydrogens is 202 g/mol. The van der Waals surface area contributed by atoms with E-state index in [1.807, 2.05) is 0 Å². The van der Waals surface area contributed by atoms with Crippen molar-refractivity contribution in [1.29, 1.82) is 0 Å². The molecule has 1 saturated heterocycles. The number of rotatable bonds is 3. The van der Waals surface area contributed by atoms with Gasteiger partial charge < -0.3 is 10.1 Å². The molecule has 2 rings (SSSR count). The van der Waals surface area contributed by atoms with Crippen LogP contribution in [0.1, 0.15) is 27.2 Å². The quantitative estimate of drug-likeness (QED) is 0.585. The summed E-state index contributed by atoms with van der Waals surface area (Å²) in [5.74, 6) is 1.56. The molecular formula is C13H21NO2. The number of esters is 1. The number of nitrogens with one attached hydrogen (secondary N) is 1. The molecule has 1 aliphatic carbocycles. The average molecular weight is 223 g/mol. The lowest BCUT2D eigenvalue weighted by Crippen LogP contribution is -2.27. The van der Waals surface area contributed by atoms with Crippen LogP contribution in [0.15, 0.2) is 11.6 Å². The summed E-state index contributed by atoms with van der Waals surface area (Å²) in [5, 5.41) is 3.47. The molecule has 1 heterocycles. The summed E-state index contributed by atoms with van der Waals surface area (Å²) in [6.07, 6.45) is 2.97. The Bertz CT molecular complexity index is 322. The van der Waals surface area contributed by atoms with Crippen molar-refractivity contribution in [1.82, 2.24) is 5.32 Å². The molecule has 0 aromatic heterocycles. The van der Waals surface area contributed by atoms with Gasteiger partial charge in [-0.1, -0.05) is 26.8 Å². The Morgan fingerprint density at radius 1 is 1.50 bits per heavy atom. The Morgan fingerprint density at radius 2 is 2.19 bits per heavy atom. The number of hydrogen-bond donors (Lipinski definition) is 1. The molecule has 0 radical (unpaired) electrons. The van der Waals surface area contributed by atoms with E-state index in [-0.39, 0.29) is 5.97 Å². The first-order chi connectivity index (χ1) is 7.54. The number of methoxy groups -OCH3 is 1. The highest BCUT2D eigenvalue weighted by atomic mass is 16.5. The lowest BCUT2D eigenvalue weighted by atomic mass is 9.77. The second-order valence-corrected chi connectivity index (χ2v) is 5.37. The Hall–Kier alpha value is -0.830. The fourth-order valence-corrected chi connectivity index (χ4v) is 2.60. The van der Waals surface area contributed by atoms with Gasteiger partial charge in [-0.25, -0.2) is 4.79 Å². The molecule has 1 aliphatic heterocycles. The molecule has 0 amide bonds. The number of carbonyl (C=O) groups is 1. The third kappa shape index (κ3) is 2.01. The van der Waals surface area contributed by atoms with Crippen molar-refractivity contribution in [3.63, 3.8) is 0 Å². The molecule has 0 saturated carbocycles. The minimum absolute atomic E-state index is 0.159. The number of hydrogen-bond acceptors (Lipinski definition) is 3. The van der Waals surface area contributed by atoms with Crippen molar-refractivity contribution in [2.24, 2.45) is 17.8 Å². The van der Waals surface area contributed by atoms with Gasteiger partial charge >= 0.3 is 5.97 Å². The lowest BCUT2D eigenvalue weighted by molar-refractivity contribution is -0.136. The molecule has 1 unspecified atom stereocenters. The van der Waals surface area contributed by atoms with Crippen molar-refractivity contribution in [3.8, 4) is 0 Å². The van der Waals surface area contributed by atoms with Crippen LogP contribution in [0.25, 0.3) is 0 Å². The van der Waals surface area contributed by atoms with Crippen LogP contribution in [-0.2, 0) is 9.53 Å². The maximum Gasteiger partial charge on any atom is 0.333 e. The van der Waals surface area contributed by atoms with E-state index < -0.39 is 0 Å². The van der Waals surface area contributed by atoms with Crippen LogP contribution >= 0.6 is 0 Å². The smallest absolute Gasteiger partial charge is 0.333 e. The van der Waals surface area contributed by atoms with Gasteiger partial charge in [0.25, 0.3) is 0 Å². The molecule has 2 aliphatic rings. The Balaban J connectivity index is 2.15. The van der Waals surface area contributed by atoms with Gasteiger partial charge in [-0.3, -0.25) is 0 Å². The Morgan fingerprint density at radius 3 is 2.75 bits per heavy atom. The zero-order valence-corrected chi connectivity index (χ0v) is 10.5. The predicted molar refractivity (Wildman–Crippen MR) is 62.9 cm³/mol. The third-order valence-electron chi connectivity index (χ3n) is 4.09. The largest absolute Gasteiger partial charge is 0.466 e. The van der Waals surface area contributed by atoms with E-state index in [0.717, 1.165) is 12.0 Å². The number of fused-ring (bicyclic) bond motifs is 1. The maximum absolute atomic E-state index is 11.6. The topological polar surface area (TPSA) is 48.2 Å². The zero-order chi connectivity index (χ0) is 11.9. The molecule has 3 nitrogen and oxygen atoms in total. The van der Waals surface area contributed by atoms with Crippen molar-refractivity contribution >= 4 is 5.97 Å². The highest BCUT2D eigenvalue weighted by Gasteiger charge is 2.47. The zero-order valence-electron chi connectivity index (χ0n) is 10.5. The van der Waals surface area contributed by atoms with Crippen molar-refractivity contribution in [2.75, 3.05) is 7.11 Å². The molecule has 0 aromatic carbocycles. The normalized spacial score (nSPS) is 34.1. The fourth-order valence-electron chi connectivity index (χ4n) is 2.60. The maximum atomic E-state index is 11.6. The van der Waals surface area contributed by atoms with Gasteiger partial charge in [-0.05, 0) is 24.2 Å². The molecule has 1 N–H and O–H groups in total. The molecule has 0 bridgehead atoms. The van der Waals surface area contributed by atoms with E-state index in [2.05, 4.69) is 32.2 Å². The summed E-state index contributed by atoms with van der Waals surface area (Å²) in [7, 11) is 1.45.